The van der Waals surface area contributed by atoms with Gasteiger partial charge in [-0.15, -0.1) is 0 Å². The van der Waals surface area contributed by atoms with Crippen molar-refractivity contribution < 1.29 is 19.4 Å². The van der Waals surface area contributed by atoms with Crippen LogP contribution in [0.4, 0.5) is 0 Å². The number of benzene rings is 3. The van der Waals surface area contributed by atoms with Crippen LogP contribution in [0.15, 0.2) is 66.9 Å². The number of hydrogen-bond acceptors (Lipinski definition) is 4. The molecule has 1 heterocycles. The molecule has 3 N–H and O–H groups in total. The van der Waals surface area contributed by atoms with Crippen molar-refractivity contribution in [1.82, 2.24) is 10.3 Å². The van der Waals surface area contributed by atoms with Gasteiger partial charge in [0.15, 0.2) is 11.5 Å². The summed E-state index contributed by atoms with van der Waals surface area (Å²) >= 11 is 6.57. The molecule has 7 heteroatoms. The molecule has 182 valence electrons. The molecule has 3 aromatic carbocycles. The van der Waals surface area contributed by atoms with Gasteiger partial charge in [-0.25, -0.2) is 0 Å². The highest BCUT2D eigenvalue weighted by molar-refractivity contribution is 6.32. The molecule has 0 amide bonds. The van der Waals surface area contributed by atoms with E-state index < -0.39 is 12.0 Å². The third kappa shape index (κ3) is 6.15. The molecule has 0 saturated heterocycles. The Morgan fingerprint density at radius 2 is 1.91 bits per heavy atom. The van der Waals surface area contributed by atoms with Crippen molar-refractivity contribution in [3.8, 4) is 11.5 Å². The first-order valence-corrected chi connectivity index (χ1v) is 12.0. The van der Waals surface area contributed by atoms with E-state index in [1.54, 1.807) is 6.07 Å². The predicted octanol–water partition coefficient (Wildman–Crippen LogP) is 5.89. The molecule has 1 atom stereocenters. The summed E-state index contributed by atoms with van der Waals surface area (Å²) in [5, 5.41) is 14.4. The zero-order valence-corrected chi connectivity index (χ0v) is 20.6. The Kier molecular flexibility index (Phi) is 7.95. The molecule has 0 unspecified atom stereocenters. The van der Waals surface area contributed by atoms with Crippen LogP contribution >= 0.6 is 11.6 Å². The van der Waals surface area contributed by atoms with Crippen molar-refractivity contribution in [2.45, 2.75) is 39.5 Å². The number of rotatable bonds is 11. The minimum Gasteiger partial charge on any atom is -0.490 e. The van der Waals surface area contributed by atoms with Crippen LogP contribution in [0.1, 0.15) is 29.2 Å². The fourth-order valence-corrected chi connectivity index (χ4v) is 4.38. The number of aromatic nitrogens is 1. The van der Waals surface area contributed by atoms with Crippen LogP contribution in [0.3, 0.4) is 0 Å². The molecule has 0 aliphatic heterocycles. The Morgan fingerprint density at radius 3 is 2.69 bits per heavy atom. The number of carbonyl (C=O) groups is 1. The number of ether oxygens (including phenoxy) is 2. The van der Waals surface area contributed by atoms with Gasteiger partial charge < -0.3 is 24.9 Å². The van der Waals surface area contributed by atoms with Crippen LogP contribution in [0.5, 0.6) is 11.5 Å². The standard InChI is InChI=1S/C28H29ClN2O4/c1-3-34-26-13-20(12-23(29)27(26)35-17-19-8-6-7-18(2)11-19)15-30-25(28(32)33)14-21-16-31-24-10-5-4-9-22(21)24/h4-13,16,25,30-31H,3,14-15,17H2,1-2H3,(H,32,33)/t25-/m0/s1. The number of carboxylic acid groups (broad SMARTS) is 1. The first-order valence-electron chi connectivity index (χ1n) is 11.6. The fraction of sp³-hybridized carbons (Fsp3) is 0.250. The highest BCUT2D eigenvalue weighted by Crippen LogP contribution is 2.37. The van der Waals surface area contributed by atoms with E-state index >= 15 is 0 Å². The van der Waals surface area contributed by atoms with E-state index in [0.717, 1.165) is 33.2 Å². The predicted molar refractivity (Wildman–Crippen MR) is 138 cm³/mol. The monoisotopic (exact) mass is 492 g/mol. The topological polar surface area (TPSA) is 83.6 Å². The molecule has 0 bridgehead atoms. The van der Waals surface area contributed by atoms with Crippen molar-refractivity contribution >= 4 is 28.5 Å². The number of carboxylic acids is 1. The number of aryl methyl sites for hydroxylation is 1. The first kappa shape index (κ1) is 24.6. The van der Waals surface area contributed by atoms with Crippen LogP contribution in [0.25, 0.3) is 10.9 Å². The number of nitrogens with one attached hydrogen (secondary N) is 2. The van der Waals surface area contributed by atoms with Gasteiger partial charge in [0, 0.05) is 30.1 Å². The van der Waals surface area contributed by atoms with E-state index in [2.05, 4.69) is 16.4 Å². The van der Waals surface area contributed by atoms with E-state index in [1.165, 1.54) is 0 Å². The summed E-state index contributed by atoms with van der Waals surface area (Å²) < 4.78 is 11.8. The highest BCUT2D eigenvalue weighted by Gasteiger charge is 2.20. The van der Waals surface area contributed by atoms with Gasteiger partial charge in [0.25, 0.3) is 0 Å². The molecule has 0 fully saturated rings. The molecule has 0 radical (unpaired) electrons. The van der Waals surface area contributed by atoms with E-state index in [0.29, 0.717) is 42.7 Å². The molecule has 4 aromatic rings. The van der Waals surface area contributed by atoms with Gasteiger partial charge in [0.2, 0.25) is 0 Å². The second-order valence-electron chi connectivity index (χ2n) is 8.45. The number of aliphatic carboxylic acids is 1. The molecular formula is C28H29ClN2O4. The average Bonchev–Trinajstić information content (AvgIpc) is 3.24. The molecule has 0 saturated carbocycles. The SMILES string of the molecule is CCOc1cc(CN[C@@H](Cc2c[nH]c3ccccc23)C(=O)O)cc(Cl)c1OCc1cccc(C)c1. The zero-order chi connectivity index (χ0) is 24.8. The van der Waals surface area contributed by atoms with Crippen LogP contribution in [0, 0.1) is 6.92 Å². The summed E-state index contributed by atoms with van der Waals surface area (Å²) in [4.78, 5) is 15.2. The Balaban J connectivity index is 1.47. The van der Waals surface area contributed by atoms with Crippen molar-refractivity contribution in [3.05, 3.63) is 94.1 Å². The van der Waals surface area contributed by atoms with Crippen LogP contribution in [-0.4, -0.2) is 28.7 Å². The maximum Gasteiger partial charge on any atom is 0.321 e. The van der Waals surface area contributed by atoms with Gasteiger partial charge in [0.05, 0.1) is 11.6 Å². The van der Waals surface area contributed by atoms with Crippen LogP contribution in [0.2, 0.25) is 5.02 Å². The molecule has 35 heavy (non-hydrogen) atoms. The maximum atomic E-state index is 12.0. The highest BCUT2D eigenvalue weighted by atomic mass is 35.5. The summed E-state index contributed by atoms with van der Waals surface area (Å²) in [5.74, 6) is 0.102. The number of aromatic amines is 1. The van der Waals surface area contributed by atoms with Gasteiger partial charge >= 0.3 is 5.97 Å². The van der Waals surface area contributed by atoms with E-state index in [4.69, 9.17) is 21.1 Å². The molecule has 0 aliphatic carbocycles. The van der Waals surface area contributed by atoms with Gasteiger partial charge in [-0.1, -0.05) is 59.6 Å². The minimum atomic E-state index is -0.912. The summed E-state index contributed by atoms with van der Waals surface area (Å²) in [6, 6.07) is 18.8. The molecule has 4 rings (SSSR count). The van der Waals surface area contributed by atoms with Crippen molar-refractivity contribution in [2.75, 3.05) is 6.61 Å². The third-order valence-electron chi connectivity index (χ3n) is 5.78. The van der Waals surface area contributed by atoms with Crippen molar-refractivity contribution in [1.29, 1.82) is 0 Å². The summed E-state index contributed by atoms with van der Waals surface area (Å²) in [6.45, 7) is 5.06. The third-order valence-corrected chi connectivity index (χ3v) is 6.07. The number of hydrogen-bond donors (Lipinski definition) is 3. The Bertz CT molecular complexity index is 1320. The zero-order valence-electron chi connectivity index (χ0n) is 19.8. The van der Waals surface area contributed by atoms with E-state index in [-0.39, 0.29) is 0 Å². The lowest BCUT2D eigenvalue weighted by atomic mass is 10.0. The second kappa shape index (κ2) is 11.3. The Labute approximate surface area is 209 Å². The van der Waals surface area contributed by atoms with Gasteiger partial charge in [-0.3, -0.25) is 4.79 Å². The normalized spacial score (nSPS) is 12.0. The Morgan fingerprint density at radius 1 is 1.09 bits per heavy atom. The molecule has 1 aromatic heterocycles. The second-order valence-corrected chi connectivity index (χ2v) is 8.86. The maximum absolute atomic E-state index is 12.0. The number of halogens is 1. The lowest BCUT2D eigenvalue weighted by Gasteiger charge is -2.18. The lowest BCUT2D eigenvalue weighted by Crippen LogP contribution is -2.38. The quantitative estimate of drug-likeness (QED) is 0.243. The number of fused-ring (bicyclic) bond motifs is 1. The molecule has 0 aliphatic rings. The Hall–Kier alpha value is -3.48. The first-order chi connectivity index (χ1) is 16.9. The van der Waals surface area contributed by atoms with Gasteiger partial charge in [0.1, 0.15) is 12.6 Å². The summed E-state index contributed by atoms with van der Waals surface area (Å²) in [7, 11) is 0. The lowest BCUT2D eigenvalue weighted by molar-refractivity contribution is -0.139. The van der Waals surface area contributed by atoms with Crippen molar-refractivity contribution in [2.24, 2.45) is 0 Å². The summed E-state index contributed by atoms with van der Waals surface area (Å²) in [5.41, 5.74) is 4.95. The van der Waals surface area contributed by atoms with Crippen LogP contribution < -0.4 is 14.8 Å². The molecular weight excluding hydrogens is 464 g/mol. The van der Waals surface area contributed by atoms with Crippen molar-refractivity contribution in [3.63, 3.8) is 0 Å². The molecule has 6 nitrogen and oxygen atoms in total. The van der Waals surface area contributed by atoms with Crippen LogP contribution in [-0.2, 0) is 24.4 Å². The van der Waals surface area contributed by atoms with E-state index in [9.17, 15) is 9.90 Å². The van der Waals surface area contributed by atoms with Gasteiger partial charge in [-0.05, 0) is 48.7 Å². The fourth-order valence-electron chi connectivity index (χ4n) is 4.09. The van der Waals surface area contributed by atoms with Gasteiger partial charge in [-0.2, -0.15) is 0 Å². The summed E-state index contributed by atoms with van der Waals surface area (Å²) in [6.07, 6.45) is 2.22. The minimum absolute atomic E-state index is 0.317. The molecule has 0 spiro atoms. The smallest absolute Gasteiger partial charge is 0.321 e. The number of para-hydroxylation sites is 1. The largest absolute Gasteiger partial charge is 0.490 e. The average molecular weight is 493 g/mol. The van der Waals surface area contributed by atoms with E-state index in [1.807, 2.05) is 68.6 Å². The number of H-pyrrole nitrogens is 1.